The largest absolute Gasteiger partial charge is 0.496 e. The first kappa shape index (κ1) is 12.6. The fourth-order valence-electron chi connectivity index (χ4n) is 1.66. The molecule has 0 bridgehead atoms. The SMILES string of the molecule is COc1ccccc1Cc1nc(C(C)CN)no1. The third-order valence-electron chi connectivity index (χ3n) is 2.81. The molecule has 0 aliphatic heterocycles. The van der Waals surface area contributed by atoms with Crippen molar-refractivity contribution in [3.8, 4) is 5.75 Å². The van der Waals surface area contributed by atoms with E-state index in [9.17, 15) is 0 Å². The van der Waals surface area contributed by atoms with Gasteiger partial charge in [-0.05, 0) is 6.07 Å². The maximum atomic E-state index is 5.57. The Hall–Kier alpha value is -1.88. The van der Waals surface area contributed by atoms with Crippen molar-refractivity contribution in [1.29, 1.82) is 0 Å². The lowest BCUT2D eigenvalue weighted by molar-refractivity contribution is 0.372. The summed E-state index contributed by atoms with van der Waals surface area (Å²) in [7, 11) is 1.65. The number of nitrogens with two attached hydrogens (primary N) is 1. The highest BCUT2D eigenvalue weighted by molar-refractivity contribution is 5.34. The van der Waals surface area contributed by atoms with Crippen molar-refractivity contribution in [2.24, 2.45) is 5.73 Å². The summed E-state index contributed by atoms with van der Waals surface area (Å²) in [6, 6.07) is 7.78. The van der Waals surface area contributed by atoms with Crippen LogP contribution < -0.4 is 10.5 Å². The third-order valence-corrected chi connectivity index (χ3v) is 2.81. The summed E-state index contributed by atoms with van der Waals surface area (Å²) in [5.41, 5.74) is 6.59. The molecule has 18 heavy (non-hydrogen) atoms. The molecule has 0 amide bonds. The van der Waals surface area contributed by atoms with Crippen LogP contribution >= 0.6 is 0 Å². The minimum Gasteiger partial charge on any atom is -0.496 e. The average molecular weight is 247 g/mol. The van der Waals surface area contributed by atoms with E-state index in [0.717, 1.165) is 11.3 Å². The zero-order valence-electron chi connectivity index (χ0n) is 10.6. The molecule has 0 aliphatic rings. The second-order valence-electron chi connectivity index (χ2n) is 4.17. The number of nitrogens with zero attached hydrogens (tertiary/aromatic N) is 2. The van der Waals surface area contributed by atoms with Gasteiger partial charge in [0.25, 0.3) is 0 Å². The summed E-state index contributed by atoms with van der Waals surface area (Å²) in [5, 5.41) is 3.93. The Morgan fingerprint density at radius 3 is 2.89 bits per heavy atom. The molecule has 0 aliphatic carbocycles. The molecule has 1 unspecified atom stereocenters. The van der Waals surface area contributed by atoms with E-state index in [1.807, 2.05) is 31.2 Å². The van der Waals surface area contributed by atoms with E-state index < -0.39 is 0 Å². The lowest BCUT2D eigenvalue weighted by Crippen LogP contribution is -2.10. The smallest absolute Gasteiger partial charge is 0.231 e. The van der Waals surface area contributed by atoms with Crippen LogP contribution in [0.1, 0.15) is 30.1 Å². The molecule has 0 fully saturated rings. The maximum absolute atomic E-state index is 5.57. The number of methoxy groups -OCH3 is 1. The lowest BCUT2D eigenvalue weighted by Gasteiger charge is -2.05. The number of aromatic nitrogens is 2. The summed E-state index contributed by atoms with van der Waals surface area (Å²) in [4.78, 5) is 4.34. The Labute approximate surface area is 106 Å². The highest BCUT2D eigenvalue weighted by atomic mass is 16.5. The fraction of sp³-hybridized carbons (Fsp3) is 0.385. The van der Waals surface area contributed by atoms with Gasteiger partial charge >= 0.3 is 0 Å². The molecule has 0 radical (unpaired) electrons. The first-order valence-corrected chi connectivity index (χ1v) is 5.89. The van der Waals surface area contributed by atoms with Crippen molar-refractivity contribution in [3.63, 3.8) is 0 Å². The van der Waals surface area contributed by atoms with E-state index in [4.69, 9.17) is 15.0 Å². The molecule has 1 atom stereocenters. The first-order valence-electron chi connectivity index (χ1n) is 5.89. The fourth-order valence-corrected chi connectivity index (χ4v) is 1.66. The molecule has 2 rings (SSSR count). The molecule has 1 heterocycles. The van der Waals surface area contributed by atoms with Gasteiger partial charge in [-0.1, -0.05) is 30.3 Å². The summed E-state index contributed by atoms with van der Waals surface area (Å²) >= 11 is 0. The predicted molar refractivity (Wildman–Crippen MR) is 67.6 cm³/mol. The molecule has 0 saturated heterocycles. The molecule has 5 heteroatoms. The highest BCUT2D eigenvalue weighted by Gasteiger charge is 2.13. The summed E-state index contributed by atoms with van der Waals surface area (Å²) in [6.45, 7) is 2.48. The molecule has 1 aromatic heterocycles. The number of hydrogen-bond acceptors (Lipinski definition) is 5. The normalized spacial score (nSPS) is 12.4. The molecule has 96 valence electrons. The highest BCUT2D eigenvalue weighted by Crippen LogP contribution is 2.20. The van der Waals surface area contributed by atoms with Crippen molar-refractivity contribution >= 4 is 0 Å². The minimum absolute atomic E-state index is 0.111. The zero-order valence-corrected chi connectivity index (χ0v) is 10.6. The molecule has 0 spiro atoms. The van der Waals surface area contributed by atoms with Gasteiger partial charge in [0.1, 0.15) is 5.75 Å². The third kappa shape index (κ3) is 2.68. The number of benzene rings is 1. The maximum Gasteiger partial charge on any atom is 0.231 e. The van der Waals surface area contributed by atoms with Crippen molar-refractivity contribution < 1.29 is 9.26 Å². The van der Waals surface area contributed by atoms with Crippen LogP contribution in [0.5, 0.6) is 5.75 Å². The van der Waals surface area contributed by atoms with Crippen LogP contribution in [0.15, 0.2) is 28.8 Å². The van der Waals surface area contributed by atoms with Crippen LogP contribution in [-0.4, -0.2) is 23.8 Å². The molecule has 1 aromatic carbocycles. The van der Waals surface area contributed by atoms with E-state index in [2.05, 4.69) is 10.1 Å². The quantitative estimate of drug-likeness (QED) is 0.871. The van der Waals surface area contributed by atoms with Gasteiger partial charge in [-0.25, -0.2) is 0 Å². The van der Waals surface area contributed by atoms with Gasteiger partial charge in [-0.15, -0.1) is 0 Å². The number of rotatable bonds is 5. The van der Waals surface area contributed by atoms with Crippen LogP contribution in [0, 0.1) is 0 Å². The van der Waals surface area contributed by atoms with Gasteiger partial charge in [-0.3, -0.25) is 0 Å². The zero-order chi connectivity index (χ0) is 13.0. The first-order chi connectivity index (χ1) is 8.74. The van der Waals surface area contributed by atoms with Crippen molar-refractivity contribution in [2.75, 3.05) is 13.7 Å². The summed E-state index contributed by atoms with van der Waals surface area (Å²) in [6.07, 6.45) is 0.564. The Kier molecular flexibility index (Phi) is 3.94. The van der Waals surface area contributed by atoms with Crippen LogP contribution in [-0.2, 0) is 6.42 Å². The molecular weight excluding hydrogens is 230 g/mol. The van der Waals surface area contributed by atoms with Gasteiger partial charge in [0.2, 0.25) is 5.89 Å². The molecule has 0 saturated carbocycles. The molecule has 2 N–H and O–H groups in total. The lowest BCUT2D eigenvalue weighted by atomic mass is 10.1. The van der Waals surface area contributed by atoms with Crippen LogP contribution in [0.2, 0.25) is 0 Å². The van der Waals surface area contributed by atoms with Crippen molar-refractivity contribution in [3.05, 3.63) is 41.5 Å². The number of para-hydroxylation sites is 1. The van der Waals surface area contributed by atoms with E-state index in [-0.39, 0.29) is 5.92 Å². The molecule has 5 nitrogen and oxygen atoms in total. The van der Waals surface area contributed by atoms with Gasteiger partial charge in [-0.2, -0.15) is 4.98 Å². The van der Waals surface area contributed by atoms with Gasteiger partial charge in [0, 0.05) is 18.0 Å². The standard InChI is InChI=1S/C13H17N3O2/c1-9(8-14)13-15-12(18-16-13)7-10-5-3-4-6-11(10)17-2/h3-6,9H,7-8,14H2,1-2H3. The molecular formula is C13H17N3O2. The predicted octanol–water partition coefficient (Wildman–Crippen LogP) is 1.73. The number of ether oxygens (including phenoxy) is 1. The van der Waals surface area contributed by atoms with Crippen molar-refractivity contribution in [1.82, 2.24) is 10.1 Å². The van der Waals surface area contributed by atoms with Gasteiger partial charge < -0.3 is 15.0 Å². The van der Waals surface area contributed by atoms with Crippen LogP contribution in [0.4, 0.5) is 0 Å². The second kappa shape index (κ2) is 5.64. The Morgan fingerprint density at radius 2 is 2.17 bits per heavy atom. The van der Waals surface area contributed by atoms with Crippen molar-refractivity contribution in [2.45, 2.75) is 19.3 Å². The monoisotopic (exact) mass is 247 g/mol. The Morgan fingerprint density at radius 1 is 1.39 bits per heavy atom. The molecule has 2 aromatic rings. The minimum atomic E-state index is 0.111. The van der Waals surface area contributed by atoms with Gasteiger partial charge in [0.15, 0.2) is 5.82 Å². The van der Waals surface area contributed by atoms with Crippen LogP contribution in [0.3, 0.4) is 0 Å². The summed E-state index contributed by atoms with van der Waals surface area (Å²) in [5.74, 6) is 2.17. The van der Waals surface area contributed by atoms with E-state index >= 15 is 0 Å². The van der Waals surface area contributed by atoms with Crippen LogP contribution in [0.25, 0.3) is 0 Å². The second-order valence-corrected chi connectivity index (χ2v) is 4.17. The van der Waals surface area contributed by atoms with E-state index in [1.165, 1.54) is 0 Å². The van der Waals surface area contributed by atoms with Gasteiger partial charge in [0.05, 0.1) is 13.5 Å². The average Bonchev–Trinajstić information content (AvgIpc) is 2.87. The topological polar surface area (TPSA) is 74.2 Å². The number of hydrogen-bond donors (Lipinski definition) is 1. The summed E-state index contributed by atoms with van der Waals surface area (Å²) < 4.78 is 10.5. The van der Waals surface area contributed by atoms with E-state index in [0.29, 0.717) is 24.7 Å². The van der Waals surface area contributed by atoms with E-state index in [1.54, 1.807) is 7.11 Å². The Balaban J connectivity index is 2.16. The Bertz CT molecular complexity index is 510.